The molecule has 5 heteroatoms. The maximum atomic E-state index is 5.88. The van der Waals surface area contributed by atoms with Crippen LogP contribution < -0.4 is 10.1 Å². The van der Waals surface area contributed by atoms with Crippen LogP contribution in [0.15, 0.2) is 36.7 Å². The normalized spacial score (nSPS) is 10.1. The van der Waals surface area contributed by atoms with Gasteiger partial charge in [-0.1, -0.05) is 18.2 Å². The van der Waals surface area contributed by atoms with E-state index in [-0.39, 0.29) is 0 Å². The minimum Gasteiger partial charge on any atom is -0.477 e. The largest absolute Gasteiger partial charge is 0.477 e. The third-order valence-corrected chi connectivity index (χ3v) is 2.62. The summed E-state index contributed by atoms with van der Waals surface area (Å²) in [5.74, 6) is 1.59. The number of rotatable bonds is 5. The van der Waals surface area contributed by atoms with Crippen molar-refractivity contribution in [3.05, 3.63) is 42.2 Å². The van der Waals surface area contributed by atoms with Gasteiger partial charge in [0.2, 0.25) is 5.88 Å². The van der Waals surface area contributed by atoms with E-state index in [0.29, 0.717) is 24.2 Å². The molecule has 0 unspecified atom stereocenters. The van der Waals surface area contributed by atoms with Gasteiger partial charge in [-0.15, -0.1) is 11.6 Å². The van der Waals surface area contributed by atoms with Gasteiger partial charge in [0.05, 0.1) is 19.0 Å². The summed E-state index contributed by atoms with van der Waals surface area (Å²) in [5, 5.41) is 3.18. The summed E-state index contributed by atoms with van der Waals surface area (Å²) in [5.41, 5.74) is 1.94. The van der Waals surface area contributed by atoms with Crippen LogP contribution in [0.1, 0.15) is 12.5 Å². The summed E-state index contributed by atoms with van der Waals surface area (Å²) in [6.45, 7) is 2.47. The Hall–Kier alpha value is -1.81. The van der Waals surface area contributed by atoms with Gasteiger partial charge in [0.1, 0.15) is 0 Å². The lowest BCUT2D eigenvalue weighted by Gasteiger charge is -2.10. The van der Waals surface area contributed by atoms with E-state index < -0.39 is 0 Å². The Kier molecular flexibility index (Phi) is 4.36. The number of nitrogens with one attached hydrogen (secondary N) is 1. The molecule has 1 heterocycles. The van der Waals surface area contributed by atoms with Crippen LogP contribution in [0.2, 0.25) is 0 Å². The summed E-state index contributed by atoms with van der Waals surface area (Å²) >= 11 is 5.88. The van der Waals surface area contributed by atoms with Gasteiger partial charge in [0.25, 0.3) is 0 Å². The first-order valence-electron chi connectivity index (χ1n) is 5.69. The third kappa shape index (κ3) is 3.11. The fraction of sp³-hybridized carbons (Fsp3) is 0.231. The van der Waals surface area contributed by atoms with Gasteiger partial charge in [0, 0.05) is 11.6 Å². The van der Waals surface area contributed by atoms with E-state index in [0.717, 1.165) is 11.3 Å². The van der Waals surface area contributed by atoms with E-state index >= 15 is 0 Å². The molecule has 0 saturated heterocycles. The Labute approximate surface area is 111 Å². The highest BCUT2D eigenvalue weighted by Gasteiger charge is 2.03. The standard InChI is InChI=1S/C13H14ClN3O/c1-2-18-13-9-15-8-12(17-13)16-11-6-4-3-5-10(11)7-14/h3-6,8-9H,2,7H2,1H3,(H,16,17). The lowest BCUT2D eigenvalue weighted by Crippen LogP contribution is -2.00. The highest BCUT2D eigenvalue weighted by atomic mass is 35.5. The van der Waals surface area contributed by atoms with E-state index in [9.17, 15) is 0 Å². The predicted molar refractivity (Wildman–Crippen MR) is 72.5 cm³/mol. The van der Waals surface area contributed by atoms with Crippen LogP contribution in [0.3, 0.4) is 0 Å². The summed E-state index contributed by atoms with van der Waals surface area (Å²) < 4.78 is 5.30. The number of nitrogens with zero attached hydrogens (tertiary/aromatic N) is 2. The van der Waals surface area contributed by atoms with Gasteiger partial charge < -0.3 is 10.1 Å². The molecule has 1 aromatic heterocycles. The molecule has 94 valence electrons. The molecule has 0 aliphatic rings. The van der Waals surface area contributed by atoms with Gasteiger partial charge in [-0.05, 0) is 18.6 Å². The third-order valence-electron chi connectivity index (χ3n) is 2.33. The van der Waals surface area contributed by atoms with Crippen molar-refractivity contribution in [2.45, 2.75) is 12.8 Å². The molecule has 0 bridgehead atoms. The van der Waals surface area contributed by atoms with E-state index in [1.165, 1.54) is 0 Å². The zero-order valence-corrected chi connectivity index (χ0v) is 10.8. The van der Waals surface area contributed by atoms with Crippen molar-refractivity contribution < 1.29 is 4.74 Å². The number of hydrogen-bond acceptors (Lipinski definition) is 4. The first-order valence-corrected chi connectivity index (χ1v) is 6.22. The van der Waals surface area contributed by atoms with Gasteiger partial charge in [-0.25, -0.2) is 0 Å². The Morgan fingerprint density at radius 2 is 2.11 bits per heavy atom. The summed E-state index contributed by atoms with van der Waals surface area (Å²) in [4.78, 5) is 8.37. The van der Waals surface area contributed by atoms with Crippen LogP contribution in [0, 0.1) is 0 Å². The van der Waals surface area contributed by atoms with Gasteiger partial charge in [-0.3, -0.25) is 4.98 Å². The molecule has 0 atom stereocenters. The fourth-order valence-electron chi connectivity index (χ4n) is 1.52. The van der Waals surface area contributed by atoms with Crippen molar-refractivity contribution in [2.75, 3.05) is 11.9 Å². The van der Waals surface area contributed by atoms with Crippen molar-refractivity contribution in [3.63, 3.8) is 0 Å². The zero-order chi connectivity index (χ0) is 12.8. The number of hydrogen-bond donors (Lipinski definition) is 1. The maximum absolute atomic E-state index is 5.88. The minimum absolute atomic E-state index is 0.446. The second-order valence-corrected chi connectivity index (χ2v) is 3.86. The zero-order valence-electron chi connectivity index (χ0n) is 10.1. The predicted octanol–water partition coefficient (Wildman–Crippen LogP) is 3.36. The molecule has 0 amide bonds. The molecule has 0 saturated carbocycles. The Balaban J connectivity index is 2.20. The molecule has 0 spiro atoms. The number of aromatic nitrogens is 2. The van der Waals surface area contributed by atoms with Crippen LogP contribution in [0.5, 0.6) is 5.88 Å². The highest BCUT2D eigenvalue weighted by molar-refractivity contribution is 6.17. The van der Waals surface area contributed by atoms with Crippen molar-refractivity contribution in [1.82, 2.24) is 9.97 Å². The molecule has 2 aromatic rings. The molecular formula is C13H14ClN3O. The summed E-state index contributed by atoms with van der Waals surface area (Å²) in [6.07, 6.45) is 3.23. The first-order chi connectivity index (χ1) is 8.83. The van der Waals surface area contributed by atoms with Crippen LogP contribution in [-0.4, -0.2) is 16.6 Å². The molecule has 4 nitrogen and oxygen atoms in total. The van der Waals surface area contributed by atoms with Crippen molar-refractivity contribution in [3.8, 4) is 5.88 Å². The lowest BCUT2D eigenvalue weighted by molar-refractivity contribution is 0.326. The number of halogens is 1. The van der Waals surface area contributed by atoms with E-state index in [1.54, 1.807) is 12.4 Å². The van der Waals surface area contributed by atoms with Crippen LogP contribution >= 0.6 is 11.6 Å². The summed E-state index contributed by atoms with van der Waals surface area (Å²) in [7, 11) is 0. The highest BCUT2D eigenvalue weighted by Crippen LogP contribution is 2.21. The minimum atomic E-state index is 0.446. The molecule has 1 aromatic carbocycles. The molecule has 0 fully saturated rings. The smallest absolute Gasteiger partial charge is 0.234 e. The average molecular weight is 264 g/mol. The molecular weight excluding hydrogens is 250 g/mol. The monoisotopic (exact) mass is 263 g/mol. The molecule has 2 rings (SSSR count). The quantitative estimate of drug-likeness (QED) is 0.841. The first kappa shape index (κ1) is 12.6. The number of benzene rings is 1. The van der Waals surface area contributed by atoms with Gasteiger partial charge in [0.15, 0.2) is 5.82 Å². The molecule has 1 N–H and O–H groups in total. The molecule has 0 aliphatic carbocycles. The van der Waals surface area contributed by atoms with Crippen LogP contribution in [0.4, 0.5) is 11.5 Å². The van der Waals surface area contributed by atoms with E-state index in [1.807, 2.05) is 31.2 Å². The average Bonchev–Trinajstić information content (AvgIpc) is 2.40. The lowest BCUT2D eigenvalue weighted by atomic mass is 10.2. The number of alkyl halides is 1. The van der Waals surface area contributed by atoms with Crippen LogP contribution in [0.25, 0.3) is 0 Å². The topological polar surface area (TPSA) is 47.0 Å². The molecule has 18 heavy (non-hydrogen) atoms. The van der Waals surface area contributed by atoms with Crippen molar-refractivity contribution >= 4 is 23.1 Å². The van der Waals surface area contributed by atoms with Gasteiger partial charge in [-0.2, -0.15) is 4.98 Å². The van der Waals surface area contributed by atoms with Gasteiger partial charge >= 0.3 is 0 Å². The Bertz CT molecular complexity index is 519. The molecule has 0 radical (unpaired) electrons. The number of ether oxygens (including phenoxy) is 1. The maximum Gasteiger partial charge on any atom is 0.234 e. The number of anilines is 2. The fourth-order valence-corrected chi connectivity index (χ4v) is 1.76. The Morgan fingerprint density at radius 1 is 1.28 bits per heavy atom. The van der Waals surface area contributed by atoms with Crippen LogP contribution in [-0.2, 0) is 5.88 Å². The summed E-state index contributed by atoms with van der Waals surface area (Å²) in [6, 6.07) is 7.81. The molecule has 0 aliphatic heterocycles. The van der Waals surface area contributed by atoms with Crippen molar-refractivity contribution in [2.24, 2.45) is 0 Å². The van der Waals surface area contributed by atoms with E-state index in [4.69, 9.17) is 16.3 Å². The number of para-hydroxylation sites is 1. The van der Waals surface area contributed by atoms with Crippen molar-refractivity contribution in [1.29, 1.82) is 0 Å². The van der Waals surface area contributed by atoms with E-state index in [2.05, 4.69) is 15.3 Å². The second kappa shape index (κ2) is 6.21. The Morgan fingerprint density at radius 3 is 2.89 bits per heavy atom. The SMILES string of the molecule is CCOc1cncc(Nc2ccccc2CCl)n1. The second-order valence-electron chi connectivity index (χ2n) is 3.59.